The molecule has 2 aromatic heterocycles. The third-order valence-corrected chi connectivity index (χ3v) is 1.93. The van der Waals surface area contributed by atoms with Gasteiger partial charge in [-0.3, -0.25) is 9.78 Å². The summed E-state index contributed by atoms with van der Waals surface area (Å²) in [5, 5.41) is 0. The maximum Gasteiger partial charge on any atom is 0.267 e. The first-order valence-corrected chi connectivity index (χ1v) is 4.17. The molecule has 2 heterocycles. The summed E-state index contributed by atoms with van der Waals surface area (Å²) in [5.74, 6) is -0.518. The van der Waals surface area contributed by atoms with Crippen molar-refractivity contribution in [1.29, 1.82) is 0 Å². The molecule has 0 aliphatic carbocycles. The smallest absolute Gasteiger partial charge is 0.267 e. The van der Waals surface area contributed by atoms with Crippen LogP contribution in [0.3, 0.4) is 0 Å². The van der Waals surface area contributed by atoms with Crippen molar-refractivity contribution in [3.05, 3.63) is 42.4 Å². The molecule has 3 N–H and O–H groups in total. The summed E-state index contributed by atoms with van der Waals surface area (Å²) in [5.41, 5.74) is 7.06. The van der Waals surface area contributed by atoms with Gasteiger partial charge in [0, 0.05) is 23.7 Å². The number of hydrogen-bond acceptors (Lipinski definition) is 2. The van der Waals surface area contributed by atoms with E-state index in [4.69, 9.17) is 5.73 Å². The number of hydrogen-bond donors (Lipinski definition) is 2. The summed E-state index contributed by atoms with van der Waals surface area (Å²) < 4.78 is 0. The molecule has 0 aliphatic heterocycles. The summed E-state index contributed by atoms with van der Waals surface area (Å²) in [6.45, 7) is 0. The molecule has 0 saturated carbocycles. The summed E-state index contributed by atoms with van der Waals surface area (Å²) >= 11 is 0. The van der Waals surface area contributed by atoms with E-state index >= 15 is 0 Å². The molecule has 0 atom stereocenters. The minimum atomic E-state index is -0.518. The lowest BCUT2D eigenvalue weighted by Crippen LogP contribution is -2.14. The average molecular weight is 224 g/mol. The Balaban J connectivity index is 0.00000112. The Kier molecular flexibility index (Phi) is 3.46. The Morgan fingerprint density at radius 3 is 2.73 bits per heavy atom. The minimum Gasteiger partial charge on any atom is -0.364 e. The van der Waals surface area contributed by atoms with Gasteiger partial charge in [-0.25, -0.2) is 0 Å². The van der Waals surface area contributed by atoms with E-state index < -0.39 is 5.91 Å². The first-order chi connectivity index (χ1) is 6.79. The van der Waals surface area contributed by atoms with E-state index in [-0.39, 0.29) is 18.1 Å². The number of nitrogens with zero attached hydrogens (tertiary/aromatic N) is 1. The van der Waals surface area contributed by atoms with Crippen LogP contribution < -0.4 is 5.73 Å². The zero-order chi connectivity index (χ0) is 9.97. The zero-order valence-corrected chi connectivity index (χ0v) is 8.62. The lowest BCUT2D eigenvalue weighted by molar-refractivity contribution is 0.0996. The first kappa shape index (κ1) is 11.3. The number of pyridine rings is 1. The highest BCUT2D eigenvalue weighted by atomic mass is 35.5. The Morgan fingerprint density at radius 1 is 1.33 bits per heavy atom. The van der Waals surface area contributed by atoms with Crippen LogP contribution in [0.5, 0.6) is 0 Å². The summed E-state index contributed by atoms with van der Waals surface area (Å²) in [4.78, 5) is 18.0. The molecule has 78 valence electrons. The zero-order valence-electron chi connectivity index (χ0n) is 7.81. The van der Waals surface area contributed by atoms with Gasteiger partial charge in [0.05, 0.1) is 0 Å². The predicted molar refractivity (Wildman–Crippen MR) is 59.8 cm³/mol. The molecule has 15 heavy (non-hydrogen) atoms. The van der Waals surface area contributed by atoms with Gasteiger partial charge in [0.15, 0.2) is 0 Å². The van der Waals surface area contributed by atoms with Gasteiger partial charge in [-0.05, 0) is 24.3 Å². The average Bonchev–Trinajstić information content (AvgIpc) is 2.70. The van der Waals surface area contributed by atoms with Crippen molar-refractivity contribution in [2.75, 3.05) is 0 Å². The Morgan fingerprint density at radius 2 is 2.13 bits per heavy atom. The van der Waals surface area contributed by atoms with Gasteiger partial charge in [-0.2, -0.15) is 0 Å². The third kappa shape index (κ3) is 2.16. The van der Waals surface area contributed by atoms with Crippen LogP contribution in [0.25, 0.3) is 11.3 Å². The number of rotatable bonds is 2. The molecule has 1 amide bonds. The lowest BCUT2D eigenvalue weighted by atomic mass is 10.1. The van der Waals surface area contributed by atoms with Crippen LogP contribution in [0.4, 0.5) is 0 Å². The van der Waals surface area contributed by atoms with Crippen LogP contribution in [0.1, 0.15) is 10.5 Å². The molecule has 0 saturated heterocycles. The molecule has 4 nitrogen and oxygen atoms in total. The topological polar surface area (TPSA) is 71.8 Å². The molecule has 2 aromatic rings. The van der Waals surface area contributed by atoms with E-state index in [1.807, 2.05) is 12.1 Å². The highest BCUT2D eigenvalue weighted by molar-refractivity contribution is 5.97. The maximum absolute atomic E-state index is 11.1. The van der Waals surface area contributed by atoms with Gasteiger partial charge < -0.3 is 10.7 Å². The first-order valence-electron chi connectivity index (χ1n) is 4.17. The van der Waals surface area contributed by atoms with E-state index in [9.17, 15) is 4.79 Å². The van der Waals surface area contributed by atoms with Crippen LogP contribution in [-0.4, -0.2) is 15.9 Å². The van der Waals surface area contributed by atoms with Crippen LogP contribution in [-0.2, 0) is 0 Å². The largest absolute Gasteiger partial charge is 0.364 e. The summed E-state index contributed by atoms with van der Waals surface area (Å²) in [6, 6.07) is 7.29. The van der Waals surface area contributed by atoms with Crippen molar-refractivity contribution in [1.82, 2.24) is 9.97 Å². The van der Waals surface area contributed by atoms with E-state index in [2.05, 4.69) is 9.97 Å². The lowest BCUT2D eigenvalue weighted by Gasteiger charge is -2.02. The Bertz CT molecular complexity index is 453. The van der Waals surface area contributed by atoms with Gasteiger partial charge in [-0.1, -0.05) is 0 Å². The number of carbonyl (C=O) groups excluding carboxylic acids is 1. The van der Waals surface area contributed by atoms with Crippen molar-refractivity contribution >= 4 is 18.3 Å². The Hall–Kier alpha value is -1.81. The molecule has 0 fully saturated rings. The number of amides is 1. The van der Waals surface area contributed by atoms with Gasteiger partial charge in [0.25, 0.3) is 5.91 Å². The van der Waals surface area contributed by atoms with E-state index in [0.717, 1.165) is 11.3 Å². The molecular formula is C10H10ClN3O. The summed E-state index contributed by atoms with van der Waals surface area (Å²) in [7, 11) is 0. The second kappa shape index (κ2) is 4.61. The fraction of sp³-hybridized carbons (Fsp3) is 0. The van der Waals surface area contributed by atoms with Crippen LogP contribution in [0.2, 0.25) is 0 Å². The highest BCUT2D eigenvalue weighted by Crippen LogP contribution is 2.19. The van der Waals surface area contributed by atoms with Crippen molar-refractivity contribution in [3.8, 4) is 11.3 Å². The van der Waals surface area contributed by atoms with Crippen LogP contribution in [0.15, 0.2) is 36.7 Å². The van der Waals surface area contributed by atoms with E-state index in [1.165, 1.54) is 0 Å². The van der Waals surface area contributed by atoms with Gasteiger partial charge >= 0.3 is 0 Å². The second-order valence-electron chi connectivity index (χ2n) is 2.85. The quantitative estimate of drug-likeness (QED) is 0.812. The van der Waals surface area contributed by atoms with Gasteiger partial charge in [0.2, 0.25) is 0 Å². The third-order valence-electron chi connectivity index (χ3n) is 1.93. The number of H-pyrrole nitrogens is 1. The van der Waals surface area contributed by atoms with Crippen molar-refractivity contribution < 1.29 is 4.79 Å². The molecule has 0 radical (unpaired) electrons. The Labute approximate surface area is 92.9 Å². The van der Waals surface area contributed by atoms with E-state index in [0.29, 0.717) is 0 Å². The SMILES string of the molecule is Cl.NC(=O)c1ncccc1-c1ccc[nH]1. The van der Waals surface area contributed by atoms with E-state index in [1.54, 1.807) is 24.5 Å². The number of halogens is 1. The molecular weight excluding hydrogens is 214 g/mol. The normalized spacial score (nSPS) is 9.33. The molecule has 0 unspecified atom stereocenters. The molecule has 2 rings (SSSR count). The monoisotopic (exact) mass is 223 g/mol. The molecule has 5 heteroatoms. The van der Waals surface area contributed by atoms with Crippen molar-refractivity contribution in [2.24, 2.45) is 5.73 Å². The number of nitrogens with one attached hydrogen (secondary N) is 1. The van der Waals surface area contributed by atoms with Crippen molar-refractivity contribution in [3.63, 3.8) is 0 Å². The predicted octanol–water partition coefficient (Wildman–Crippen LogP) is 1.60. The van der Waals surface area contributed by atoms with Gasteiger partial charge in [0.1, 0.15) is 5.69 Å². The molecule has 0 aliphatic rings. The molecule has 0 aromatic carbocycles. The minimum absolute atomic E-state index is 0. The fourth-order valence-electron chi connectivity index (χ4n) is 1.32. The second-order valence-corrected chi connectivity index (χ2v) is 2.85. The van der Waals surface area contributed by atoms with Crippen LogP contribution >= 0.6 is 12.4 Å². The molecule has 0 bridgehead atoms. The number of nitrogens with two attached hydrogens (primary N) is 1. The molecule has 0 spiro atoms. The highest BCUT2D eigenvalue weighted by Gasteiger charge is 2.10. The standard InChI is InChI=1S/C10H9N3O.ClH/c11-10(14)9-7(3-1-6-13-9)8-4-2-5-12-8;/h1-6,12H,(H2,11,14);1H. The maximum atomic E-state index is 11.1. The summed E-state index contributed by atoms with van der Waals surface area (Å²) in [6.07, 6.45) is 3.33. The van der Waals surface area contributed by atoms with Crippen LogP contribution in [0, 0.1) is 0 Å². The number of aromatic amines is 1. The van der Waals surface area contributed by atoms with Gasteiger partial charge in [-0.15, -0.1) is 12.4 Å². The van der Waals surface area contributed by atoms with Crippen molar-refractivity contribution in [2.45, 2.75) is 0 Å². The number of aromatic nitrogens is 2. The number of primary amides is 1. The fourth-order valence-corrected chi connectivity index (χ4v) is 1.32. The number of carbonyl (C=O) groups is 1.